The van der Waals surface area contributed by atoms with E-state index in [4.69, 9.17) is 28.2 Å². The zero-order valence-electron chi connectivity index (χ0n) is 16.5. The van der Waals surface area contributed by atoms with Crippen molar-refractivity contribution in [3.05, 3.63) is 28.0 Å². The molecule has 0 fully saturated rings. The molecule has 1 amide bonds. The number of halogens is 2. The highest BCUT2D eigenvalue weighted by atomic mass is 35.5. The van der Waals surface area contributed by atoms with Crippen LogP contribution in [0.1, 0.15) is 46.4 Å². The number of hydrogen-bond acceptors (Lipinski definition) is 4. The second-order valence-electron chi connectivity index (χ2n) is 7.04. The normalized spacial score (nSPS) is 11.2. The Balaban J connectivity index is 2.35. The van der Waals surface area contributed by atoms with E-state index >= 15 is 0 Å². The van der Waals surface area contributed by atoms with Crippen molar-refractivity contribution in [3.63, 3.8) is 0 Å². The SMILES string of the molecule is CCCN(CCC(=O)NCC(C)C)c1nc(CC)nc2c(Cl)cc(Cl)cc12. The highest BCUT2D eigenvalue weighted by Gasteiger charge is 2.17. The van der Waals surface area contributed by atoms with Gasteiger partial charge in [0, 0.05) is 42.9 Å². The van der Waals surface area contributed by atoms with Gasteiger partial charge in [-0.3, -0.25) is 4.79 Å². The van der Waals surface area contributed by atoms with E-state index < -0.39 is 0 Å². The third-order valence-corrected chi connectivity index (χ3v) is 4.68. The summed E-state index contributed by atoms with van der Waals surface area (Å²) < 4.78 is 0. The van der Waals surface area contributed by atoms with Crippen molar-refractivity contribution in [1.82, 2.24) is 15.3 Å². The van der Waals surface area contributed by atoms with E-state index in [-0.39, 0.29) is 5.91 Å². The number of carbonyl (C=O) groups is 1. The molecule has 0 saturated heterocycles. The monoisotopic (exact) mass is 410 g/mol. The molecular formula is C20H28Cl2N4O. The Morgan fingerprint density at radius 1 is 1.19 bits per heavy atom. The van der Waals surface area contributed by atoms with E-state index in [1.807, 2.05) is 13.0 Å². The summed E-state index contributed by atoms with van der Waals surface area (Å²) in [5.74, 6) is 2.00. The molecule has 1 aromatic heterocycles. The van der Waals surface area contributed by atoms with Gasteiger partial charge in [0.1, 0.15) is 11.6 Å². The minimum atomic E-state index is 0.0509. The number of rotatable bonds is 9. The Labute approximate surface area is 171 Å². The number of aromatic nitrogens is 2. The zero-order chi connectivity index (χ0) is 20.0. The Morgan fingerprint density at radius 2 is 1.93 bits per heavy atom. The zero-order valence-corrected chi connectivity index (χ0v) is 18.0. The van der Waals surface area contributed by atoms with Crippen molar-refractivity contribution >= 4 is 45.8 Å². The summed E-state index contributed by atoms with van der Waals surface area (Å²) in [6, 6.07) is 3.55. The molecule has 0 unspecified atom stereocenters. The van der Waals surface area contributed by atoms with E-state index in [0.29, 0.717) is 47.4 Å². The van der Waals surface area contributed by atoms with E-state index in [2.05, 4.69) is 36.0 Å². The van der Waals surface area contributed by atoms with Crippen molar-refractivity contribution in [3.8, 4) is 0 Å². The fraction of sp³-hybridized carbons (Fsp3) is 0.550. The van der Waals surface area contributed by atoms with Crippen molar-refractivity contribution in [1.29, 1.82) is 0 Å². The molecule has 0 spiro atoms. The van der Waals surface area contributed by atoms with Gasteiger partial charge in [-0.2, -0.15) is 0 Å². The molecule has 0 aliphatic carbocycles. The van der Waals surface area contributed by atoms with Crippen molar-refractivity contribution in [2.75, 3.05) is 24.5 Å². The van der Waals surface area contributed by atoms with Gasteiger partial charge in [-0.15, -0.1) is 0 Å². The number of nitrogens with one attached hydrogen (secondary N) is 1. The van der Waals surface area contributed by atoms with Gasteiger partial charge in [0.05, 0.1) is 10.5 Å². The number of anilines is 1. The molecule has 2 rings (SSSR count). The molecule has 0 saturated carbocycles. The molecular weight excluding hydrogens is 383 g/mol. The maximum Gasteiger partial charge on any atom is 0.221 e. The molecule has 0 radical (unpaired) electrons. The maximum atomic E-state index is 12.2. The molecule has 27 heavy (non-hydrogen) atoms. The lowest BCUT2D eigenvalue weighted by atomic mass is 10.2. The predicted molar refractivity (Wildman–Crippen MR) is 114 cm³/mol. The van der Waals surface area contributed by atoms with Crippen LogP contribution in [0.5, 0.6) is 0 Å². The number of aryl methyl sites for hydroxylation is 1. The fourth-order valence-corrected chi connectivity index (χ4v) is 3.36. The Hall–Kier alpha value is -1.59. The Kier molecular flexibility index (Phi) is 8.11. The van der Waals surface area contributed by atoms with Crippen LogP contribution in [0.25, 0.3) is 10.9 Å². The summed E-state index contributed by atoms with van der Waals surface area (Å²) in [6.45, 7) is 10.3. The lowest BCUT2D eigenvalue weighted by Gasteiger charge is -2.25. The smallest absolute Gasteiger partial charge is 0.221 e. The lowest BCUT2D eigenvalue weighted by Crippen LogP contribution is -2.33. The quantitative estimate of drug-likeness (QED) is 0.639. The molecule has 2 aromatic rings. The minimum absolute atomic E-state index is 0.0509. The molecule has 148 valence electrons. The molecule has 5 nitrogen and oxygen atoms in total. The first-order valence-electron chi connectivity index (χ1n) is 9.53. The van der Waals surface area contributed by atoms with E-state index in [9.17, 15) is 4.79 Å². The van der Waals surface area contributed by atoms with Crippen LogP contribution in [0.3, 0.4) is 0 Å². The number of benzene rings is 1. The first kappa shape index (κ1) is 21.7. The average Bonchev–Trinajstić information content (AvgIpc) is 2.62. The van der Waals surface area contributed by atoms with E-state index in [1.165, 1.54) is 0 Å². The van der Waals surface area contributed by atoms with Crippen LogP contribution in [0, 0.1) is 5.92 Å². The van der Waals surface area contributed by atoms with Gasteiger partial charge < -0.3 is 10.2 Å². The summed E-state index contributed by atoms with van der Waals surface area (Å²) in [5.41, 5.74) is 0.702. The van der Waals surface area contributed by atoms with Gasteiger partial charge in [-0.1, -0.05) is 50.9 Å². The molecule has 0 aliphatic rings. The predicted octanol–water partition coefficient (Wildman–Crippen LogP) is 4.88. The van der Waals surface area contributed by atoms with Gasteiger partial charge in [0.25, 0.3) is 0 Å². The van der Waals surface area contributed by atoms with Gasteiger partial charge in [0.2, 0.25) is 5.91 Å². The third kappa shape index (κ3) is 5.94. The first-order valence-corrected chi connectivity index (χ1v) is 10.3. The molecule has 0 atom stereocenters. The summed E-state index contributed by atoms with van der Waals surface area (Å²) >= 11 is 12.6. The van der Waals surface area contributed by atoms with Gasteiger partial charge in [0.15, 0.2) is 0 Å². The second kappa shape index (κ2) is 10.1. The number of hydrogen-bond donors (Lipinski definition) is 1. The van der Waals surface area contributed by atoms with E-state index in [0.717, 1.165) is 30.0 Å². The third-order valence-electron chi connectivity index (χ3n) is 4.17. The largest absolute Gasteiger partial charge is 0.356 e. The van der Waals surface area contributed by atoms with Gasteiger partial charge in [-0.05, 0) is 24.5 Å². The number of amides is 1. The molecule has 7 heteroatoms. The summed E-state index contributed by atoms with van der Waals surface area (Å²) in [6.07, 6.45) is 2.06. The van der Waals surface area contributed by atoms with E-state index in [1.54, 1.807) is 6.07 Å². The highest BCUT2D eigenvalue weighted by molar-refractivity contribution is 6.38. The van der Waals surface area contributed by atoms with Crippen LogP contribution in [0.4, 0.5) is 5.82 Å². The topological polar surface area (TPSA) is 58.1 Å². The number of carbonyl (C=O) groups excluding carboxylic acids is 1. The van der Waals surface area contributed by atoms with Crippen LogP contribution < -0.4 is 10.2 Å². The summed E-state index contributed by atoms with van der Waals surface area (Å²) in [4.78, 5) is 23.6. The second-order valence-corrected chi connectivity index (χ2v) is 7.88. The van der Waals surface area contributed by atoms with Gasteiger partial charge >= 0.3 is 0 Å². The number of fused-ring (bicyclic) bond motifs is 1. The number of nitrogens with zero attached hydrogens (tertiary/aromatic N) is 3. The van der Waals surface area contributed by atoms with Crippen molar-refractivity contribution in [2.45, 2.75) is 47.0 Å². The summed E-state index contributed by atoms with van der Waals surface area (Å²) in [5, 5.41) is 4.85. The summed E-state index contributed by atoms with van der Waals surface area (Å²) in [7, 11) is 0. The van der Waals surface area contributed by atoms with Crippen LogP contribution >= 0.6 is 23.2 Å². The molecule has 1 N–H and O–H groups in total. The molecule has 0 aliphatic heterocycles. The maximum absolute atomic E-state index is 12.2. The Bertz CT molecular complexity index is 795. The fourth-order valence-electron chi connectivity index (χ4n) is 2.82. The molecule has 0 bridgehead atoms. The van der Waals surface area contributed by atoms with Crippen molar-refractivity contribution < 1.29 is 4.79 Å². The van der Waals surface area contributed by atoms with Gasteiger partial charge in [-0.25, -0.2) is 9.97 Å². The highest BCUT2D eigenvalue weighted by Crippen LogP contribution is 2.32. The van der Waals surface area contributed by atoms with Crippen LogP contribution in [0.15, 0.2) is 12.1 Å². The first-order chi connectivity index (χ1) is 12.8. The van der Waals surface area contributed by atoms with Crippen LogP contribution in [-0.4, -0.2) is 35.5 Å². The van der Waals surface area contributed by atoms with Crippen LogP contribution in [-0.2, 0) is 11.2 Å². The Morgan fingerprint density at radius 3 is 2.56 bits per heavy atom. The minimum Gasteiger partial charge on any atom is -0.356 e. The van der Waals surface area contributed by atoms with Crippen LogP contribution in [0.2, 0.25) is 10.0 Å². The standard InChI is InChI=1S/C20H28Cl2N4O/c1-5-8-26(9-7-18(27)23-12-13(3)4)20-15-10-14(21)11-16(22)19(15)24-17(6-2)25-20/h10-11,13H,5-9,12H2,1-4H3,(H,23,27). The molecule has 1 aromatic carbocycles. The lowest BCUT2D eigenvalue weighted by molar-refractivity contribution is -0.121. The van der Waals surface area contributed by atoms with Crippen molar-refractivity contribution in [2.24, 2.45) is 5.92 Å². The average molecular weight is 411 g/mol. The molecule has 1 heterocycles.